The summed E-state index contributed by atoms with van der Waals surface area (Å²) in [4.78, 5) is 6.78. The highest BCUT2D eigenvalue weighted by Crippen LogP contribution is 2.08. The van der Waals surface area contributed by atoms with E-state index in [0.29, 0.717) is 5.92 Å². The molecular formula is C14H22N2. The van der Waals surface area contributed by atoms with Crippen LogP contribution in [0, 0.1) is 5.92 Å². The monoisotopic (exact) mass is 218 g/mol. The third kappa shape index (κ3) is 4.47. The predicted octanol–water partition coefficient (Wildman–Crippen LogP) is 3.39. The molecule has 1 heterocycles. The maximum absolute atomic E-state index is 4.43. The molecule has 0 aromatic rings. The zero-order valence-electron chi connectivity index (χ0n) is 10.4. The lowest BCUT2D eigenvalue weighted by molar-refractivity contribution is 0.468. The lowest BCUT2D eigenvalue weighted by Gasteiger charge is -2.11. The second kappa shape index (κ2) is 7.04. The van der Waals surface area contributed by atoms with E-state index < -0.39 is 0 Å². The van der Waals surface area contributed by atoms with Crippen LogP contribution in [0.15, 0.2) is 42.2 Å². The summed E-state index contributed by atoms with van der Waals surface area (Å²) in [5.41, 5.74) is 1.12. The zero-order chi connectivity index (χ0) is 11.8. The van der Waals surface area contributed by atoms with Crippen molar-refractivity contribution in [3.05, 3.63) is 37.2 Å². The number of aliphatic imine (C=N–C) groups is 1. The molecule has 2 heteroatoms. The van der Waals surface area contributed by atoms with Crippen molar-refractivity contribution in [3.8, 4) is 0 Å². The zero-order valence-corrected chi connectivity index (χ0v) is 10.4. The van der Waals surface area contributed by atoms with Gasteiger partial charge in [-0.25, -0.2) is 0 Å². The Bertz CT molecular complexity index is 292. The standard InChI is InChI=1S/C14H22N2/c1-4-5-9-15-14(13(2)3)8-12-16-10-6-7-11-16/h4-5,8-9,12-13H,1,6-7,10-11H2,2-3H3/b9-5-,12-8+,15-14+. The van der Waals surface area contributed by atoms with Crippen LogP contribution in [0.3, 0.4) is 0 Å². The first-order valence-corrected chi connectivity index (χ1v) is 6.01. The molecule has 0 unspecified atom stereocenters. The molecule has 0 aliphatic carbocycles. The average molecular weight is 218 g/mol. The van der Waals surface area contributed by atoms with Crippen molar-refractivity contribution >= 4 is 5.71 Å². The van der Waals surface area contributed by atoms with E-state index in [4.69, 9.17) is 0 Å². The van der Waals surface area contributed by atoms with Crippen LogP contribution in [0.25, 0.3) is 0 Å². The quantitative estimate of drug-likeness (QED) is 0.510. The Morgan fingerprint density at radius 1 is 1.31 bits per heavy atom. The summed E-state index contributed by atoms with van der Waals surface area (Å²) in [6, 6.07) is 0. The molecule has 16 heavy (non-hydrogen) atoms. The minimum Gasteiger partial charge on any atom is -0.377 e. The summed E-state index contributed by atoms with van der Waals surface area (Å²) < 4.78 is 0. The van der Waals surface area contributed by atoms with E-state index in [1.54, 1.807) is 12.3 Å². The summed E-state index contributed by atoms with van der Waals surface area (Å²) in [5.74, 6) is 0.452. The van der Waals surface area contributed by atoms with Gasteiger partial charge in [-0.05, 0) is 30.9 Å². The molecule has 0 atom stereocenters. The summed E-state index contributed by atoms with van der Waals surface area (Å²) in [6.45, 7) is 10.3. The number of nitrogens with zero attached hydrogens (tertiary/aromatic N) is 2. The van der Waals surface area contributed by atoms with Gasteiger partial charge in [-0.15, -0.1) is 0 Å². The van der Waals surface area contributed by atoms with E-state index in [2.05, 4.69) is 42.6 Å². The molecule has 0 N–H and O–H groups in total. The Balaban J connectivity index is 2.59. The van der Waals surface area contributed by atoms with Gasteiger partial charge >= 0.3 is 0 Å². The largest absolute Gasteiger partial charge is 0.377 e. The molecule has 0 aromatic carbocycles. The summed E-state index contributed by atoms with van der Waals surface area (Å²) in [7, 11) is 0. The summed E-state index contributed by atoms with van der Waals surface area (Å²) >= 11 is 0. The predicted molar refractivity (Wildman–Crippen MR) is 71.6 cm³/mol. The second-order valence-corrected chi connectivity index (χ2v) is 4.34. The number of hydrogen-bond acceptors (Lipinski definition) is 2. The highest BCUT2D eigenvalue weighted by Gasteiger charge is 2.07. The van der Waals surface area contributed by atoms with Crippen LogP contribution in [0.4, 0.5) is 0 Å². The van der Waals surface area contributed by atoms with Gasteiger partial charge in [0.05, 0.1) is 0 Å². The molecule has 1 aliphatic rings. The van der Waals surface area contributed by atoms with Crippen LogP contribution in [0.2, 0.25) is 0 Å². The molecule has 2 nitrogen and oxygen atoms in total. The van der Waals surface area contributed by atoms with Crippen molar-refractivity contribution in [1.29, 1.82) is 0 Å². The fourth-order valence-corrected chi connectivity index (χ4v) is 1.65. The van der Waals surface area contributed by atoms with Crippen LogP contribution >= 0.6 is 0 Å². The smallest absolute Gasteiger partial charge is 0.0443 e. The number of hydrogen-bond donors (Lipinski definition) is 0. The van der Waals surface area contributed by atoms with Gasteiger partial charge in [0.2, 0.25) is 0 Å². The van der Waals surface area contributed by atoms with Gasteiger partial charge in [0.25, 0.3) is 0 Å². The Morgan fingerprint density at radius 3 is 2.56 bits per heavy atom. The van der Waals surface area contributed by atoms with Crippen molar-refractivity contribution in [2.45, 2.75) is 26.7 Å². The van der Waals surface area contributed by atoms with Crippen LogP contribution in [-0.2, 0) is 0 Å². The molecule has 88 valence electrons. The lowest BCUT2D eigenvalue weighted by Crippen LogP contribution is -2.12. The Hall–Kier alpha value is -1.31. The first-order valence-electron chi connectivity index (χ1n) is 6.01. The number of allylic oxidation sites excluding steroid dienone is 3. The summed E-state index contributed by atoms with van der Waals surface area (Å²) in [6.07, 6.45) is 12.3. The first kappa shape index (κ1) is 12.8. The van der Waals surface area contributed by atoms with Gasteiger partial charge in [-0.1, -0.05) is 26.5 Å². The van der Waals surface area contributed by atoms with Crippen molar-refractivity contribution in [3.63, 3.8) is 0 Å². The molecular weight excluding hydrogens is 196 g/mol. The van der Waals surface area contributed by atoms with E-state index in [1.165, 1.54) is 25.9 Å². The van der Waals surface area contributed by atoms with Gasteiger partial charge in [-0.3, -0.25) is 4.99 Å². The van der Waals surface area contributed by atoms with Crippen LogP contribution < -0.4 is 0 Å². The van der Waals surface area contributed by atoms with Crippen molar-refractivity contribution < 1.29 is 0 Å². The minimum atomic E-state index is 0.452. The van der Waals surface area contributed by atoms with Gasteiger partial charge < -0.3 is 4.90 Å². The molecule has 0 saturated carbocycles. The van der Waals surface area contributed by atoms with E-state index in [-0.39, 0.29) is 0 Å². The fraction of sp³-hybridized carbons (Fsp3) is 0.500. The van der Waals surface area contributed by atoms with Gasteiger partial charge in [0.15, 0.2) is 0 Å². The lowest BCUT2D eigenvalue weighted by atomic mass is 10.1. The second-order valence-electron chi connectivity index (χ2n) is 4.34. The molecule has 0 amide bonds. The van der Waals surface area contributed by atoms with Crippen LogP contribution in [0.5, 0.6) is 0 Å². The maximum atomic E-state index is 4.43. The van der Waals surface area contributed by atoms with Gasteiger partial charge in [0, 0.05) is 31.2 Å². The number of rotatable bonds is 5. The Morgan fingerprint density at radius 2 is 2.00 bits per heavy atom. The van der Waals surface area contributed by atoms with Crippen molar-refractivity contribution in [1.82, 2.24) is 4.90 Å². The number of likely N-dealkylation sites (tertiary alicyclic amines) is 1. The van der Waals surface area contributed by atoms with E-state index in [9.17, 15) is 0 Å². The third-order valence-corrected chi connectivity index (χ3v) is 2.63. The van der Waals surface area contributed by atoms with Crippen LogP contribution in [-0.4, -0.2) is 23.7 Å². The van der Waals surface area contributed by atoms with E-state index >= 15 is 0 Å². The highest BCUT2D eigenvalue weighted by molar-refractivity contribution is 5.96. The summed E-state index contributed by atoms with van der Waals surface area (Å²) in [5, 5.41) is 0. The van der Waals surface area contributed by atoms with Crippen molar-refractivity contribution in [2.24, 2.45) is 10.9 Å². The van der Waals surface area contributed by atoms with E-state index in [1.807, 2.05) is 6.08 Å². The van der Waals surface area contributed by atoms with Crippen LogP contribution in [0.1, 0.15) is 26.7 Å². The molecule has 1 rings (SSSR count). The maximum Gasteiger partial charge on any atom is 0.0443 e. The van der Waals surface area contributed by atoms with Gasteiger partial charge in [-0.2, -0.15) is 0 Å². The average Bonchev–Trinajstić information content (AvgIpc) is 2.75. The highest BCUT2D eigenvalue weighted by atomic mass is 15.1. The molecule has 1 saturated heterocycles. The molecule has 0 radical (unpaired) electrons. The fourth-order valence-electron chi connectivity index (χ4n) is 1.65. The topological polar surface area (TPSA) is 15.6 Å². The van der Waals surface area contributed by atoms with Gasteiger partial charge in [0.1, 0.15) is 0 Å². The third-order valence-electron chi connectivity index (χ3n) is 2.63. The minimum absolute atomic E-state index is 0.452. The molecule has 1 aliphatic heterocycles. The molecule has 0 aromatic heterocycles. The molecule has 0 bridgehead atoms. The van der Waals surface area contributed by atoms with E-state index in [0.717, 1.165) is 5.71 Å². The SMILES string of the molecule is C=C\C=C/N=C(\C=C\N1CCCC1)C(C)C. The van der Waals surface area contributed by atoms with Crippen molar-refractivity contribution in [2.75, 3.05) is 13.1 Å². The molecule has 1 fully saturated rings. The first-order chi connectivity index (χ1) is 7.74. The Kier molecular flexibility index (Phi) is 5.62. The Labute approximate surface area is 99.1 Å². The normalized spacial score (nSPS) is 18.2. The molecule has 0 spiro atoms.